The fourth-order valence-electron chi connectivity index (χ4n) is 2.37. The van der Waals surface area contributed by atoms with Gasteiger partial charge >= 0.3 is 0 Å². The third-order valence-electron chi connectivity index (χ3n) is 3.17. The predicted molar refractivity (Wildman–Crippen MR) is 67.6 cm³/mol. The third-order valence-corrected chi connectivity index (χ3v) is 3.17. The largest absolute Gasteiger partial charge is 0.494 e. The molecule has 0 saturated carbocycles. The molecular weight excluding hydrogens is 214 g/mol. The molecule has 1 aliphatic heterocycles. The molecule has 3 nitrogen and oxygen atoms in total. The summed E-state index contributed by atoms with van der Waals surface area (Å²) >= 11 is 0. The molecule has 0 fully saturated rings. The van der Waals surface area contributed by atoms with E-state index in [1.165, 1.54) is 5.56 Å². The maximum Gasteiger partial charge on any atom is 0.251 e. The van der Waals surface area contributed by atoms with Crippen LogP contribution >= 0.6 is 0 Å². The van der Waals surface area contributed by atoms with E-state index in [1.807, 2.05) is 25.1 Å². The number of hydrogen-bond donors (Lipinski definition) is 1. The van der Waals surface area contributed by atoms with E-state index < -0.39 is 0 Å². The minimum absolute atomic E-state index is 0.0221. The summed E-state index contributed by atoms with van der Waals surface area (Å²) in [5.41, 5.74) is 1.94. The van der Waals surface area contributed by atoms with E-state index >= 15 is 0 Å². The third kappa shape index (κ3) is 2.43. The van der Waals surface area contributed by atoms with Crippen molar-refractivity contribution in [1.29, 1.82) is 0 Å². The second-order valence-corrected chi connectivity index (χ2v) is 4.38. The first-order valence-electron chi connectivity index (χ1n) is 6.31. The normalized spacial score (nSPS) is 18.5. The van der Waals surface area contributed by atoms with Crippen molar-refractivity contribution in [1.82, 2.24) is 5.32 Å². The molecule has 1 unspecified atom stereocenters. The Morgan fingerprint density at radius 1 is 1.41 bits per heavy atom. The summed E-state index contributed by atoms with van der Waals surface area (Å²) < 4.78 is 5.44. The molecule has 0 aromatic heterocycles. The lowest BCUT2D eigenvalue weighted by Gasteiger charge is -2.25. The van der Waals surface area contributed by atoms with Gasteiger partial charge < -0.3 is 10.1 Å². The van der Waals surface area contributed by atoms with Crippen LogP contribution in [0.4, 0.5) is 0 Å². The lowest BCUT2D eigenvalue weighted by Crippen LogP contribution is -2.35. The van der Waals surface area contributed by atoms with E-state index in [0.29, 0.717) is 12.5 Å². The molecule has 1 amide bonds. The SMILES string of the molecule is CCCC1CNC(=O)c2cc(OCC)ccc21. The van der Waals surface area contributed by atoms with Crippen molar-refractivity contribution in [3.05, 3.63) is 29.3 Å². The van der Waals surface area contributed by atoms with Crippen molar-refractivity contribution in [2.45, 2.75) is 32.6 Å². The molecule has 0 bridgehead atoms. The molecular formula is C14H19NO2. The van der Waals surface area contributed by atoms with E-state index in [4.69, 9.17) is 4.74 Å². The molecule has 1 aromatic carbocycles. The molecule has 1 heterocycles. The predicted octanol–water partition coefficient (Wildman–Crippen LogP) is 2.71. The molecule has 92 valence electrons. The number of ether oxygens (including phenoxy) is 1. The highest BCUT2D eigenvalue weighted by Crippen LogP contribution is 2.30. The van der Waals surface area contributed by atoms with Crippen LogP contribution in [0, 0.1) is 0 Å². The first kappa shape index (κ1) is 12.0. The summed E-state index contributed by atoms with van der Waals surface area (Å²) in [4.78, 5) is 11.8. The molecule has 1 aliphatic rings. The molecule has 0 aliphatic carbocycles. The quantitative estimate of drug-likeness (QED) is 0.868. The molecule has 17 heavy (non-hydrogen) atoms. The number of hydrogen-bond acceptors (Lipinski definition) is 2. The zero-order valence-electron chi connectivity index (χ0n) is 10.5. The van der Waals surface area contributed by atoms with E-state index in [2.05, 4.69) is 12.2 Å². The van der Waals surface area contributed by atoms with Crippen LogP contribution in [0.2, 0.25) is 0 Å². The van der Waals surface area contributed by atoms with E-state index in [1.54, 1.807) is 0 Å². The van der Waals surface area contributed by atoms with Crippen molar-refractivity contribution in [2.24, 2.45) is 0 Å². The number of amides is 1. The van der Waals surface area contributed by atoms with Gasteiger partial charge in [-0.1, -0.05) is 19.4 Å². The minimum atomic E-state index is 0.0221. The van der Waals surface area contributed by atoms with Crippen LogP contribution in [0.1, 0.15) is 48.5 Å². The summed E-state index contributed by atoms with van der Waals surface area (Å²) in [5, 5.41) is 2.95. The van der Waals surface area contributed by atoms with Crippen molar-refractivity contribution < 1.29 is 9.53 Å². The number of fused-ring (bicyclic) bond motifs is 1. The van der Waals surface area contributed by atoms with Crippen molar-refractivity contribution >= 4 is 5.91 Å². The van der Waals surface area contributed by atoms with E-state index in [0.717, 1.165) is 30.7 Å². The Bertz CT molecular complexity index is 415. The highest BCUT2D eigenvalue weighted by Gasteiger charge is 2.24. The Balaban J connectivity index is 2.33. The Hall–Kier alpha value is -1.51. The number of carbonyl (C=O) groups excluding carboxylic acids is 1. The second-order valence-electron chi connectivity index (χ2n) is 4.38. The van der Waals surface area contributed by atoms with Crippen LogP contribution in [-0.2, 0) is 0 Å². The molecule has 3 heteroatoms. The fraction of sp³-hybridized carbons (Fsp3) is 0.500. The van der Waals surface area contributed by atoms with Crippen LogP contribution in [0.15, 0.2) is 18.2 Å². The van der Waals surface area contributed by atoms with Crippen molar-refractivity contribution in [3.8, 4) is 5.75 Å². The Labute approximate surface area is 102 Å². The molecule has 0 radical (unpaired) electrons. The van der Waals surface area contributed by atoms with E-state index in [-0.39, 0.29) is 5.91 Å². The average Bonchev–Trinajstić information content (AvgIpc) is 2.34. The average molecular weight is 233 g/mol. The summed E-state index contributed by atoms with van der Waals surface area (Å²) in [5.74, 6) is 1.25. The van der Waals surface area contributed by atoms with Crippen LogP contribution in [0.3, 0.4) is 0 Å². The van der Waals surface area contributed by atoms with Crippen LogP contribution < -0.4 is 10.1 Å². The van der Waals surface area contributed by atoms with Gasteiger partial charge in [0, 0.05) is 18.0 Å². The molecule has 0 saturated heterocycles. The molecule has 1 atom stereocenters. The fourth-order valence-corrected chi connectivity index (χ4v) is 2.37. The summed E-state index contributed by atoms with van der Waals surface area (Å²) in [7, 11) is 0. The highest BCUT2D eigenvalue weighted by molar-refractivity contribution is 5.97. The molecule has 0 spiro atoms. The zero-order chi connectivity index (χ0) is 12.3. The summed E-state index contributed by atoms with van der Waals surface area (Å²) in [6, 6.07) is 5.86. The molecule has 1 N–H and O–H groups in total. The van der Waals surface area contributed by atoms with Gasteiger partial charge in [-0.25, -0.2) is 0 Å². The minimum Gasteiger partial charge on any atom is -0.494 e. The van der Waals surface area contributed by atoms with Gasteiger partial charge in [-0.3, -0.25) is 4.79 Å². The van der Waals surface area contributed by atoms with Crippen LogP contribution in [-0.4, -0.2) is 19.1 Å². The van der Waals surface area contributed by atoms with Gasteiger partial charge in [0.1, 0.15) is 5.75 Å². The van der Waals surface area contributed by atoms with Crippen LogP contribution in [0.5, 0.6) is 5.75 Å². The maximum atomic E-state index is 11.8. The number of benzene rings is 1. The van der Waals surface area contributed by atoms with Crippen molar-refractivity contribution in [2.75, 3.05) is 13.2 Å². The smallest absolute Gasteiger partial charge is 0.251 e. The Morgan fingerprint density at radius 2 is 2.24 bits per heavy atom. The topological polar surface area (TPSA) is 38.3 Å². The lowest BCUT2D eigenvalue weighted by atomic mass is 9.87. The molecule has 2 rings (SSSR count). The van der Waals surface area contributed by atoms with Gasteiger partial charge in [-0.05, 0) is 31.0 Å². The summed E-state index contributed by atoms with van der Waals surface area (Å²) in [6.45, 7) is 5.50. The van der Waals surface area contributed by atoms with Gasteiger partial charge in [0.15, 0.2) is 0 Å². The Morgan fingerprint density at radius 3 is 2.94 bits per heavy atom. The summed E-state index contributed by atoms with van der Waals surface area (Å²) in [6.07, 6.45) is 2.24. The van der Waals surface area contributed by atoms with Crippen molar-refractivity contribution in [3.63, 3.8) is 0 Å². The van der Waals surface area contributed by atoms with Gasteiger partial charge in [0.2, 0.25) is 0 Å². The number of nitrogens with one attached hydrogen (secondary N) is 1. The zero-order valence-corrected chi connectivity index (χ0v) is 10.5. The maximum absolute atomic E-state index is 11.8. The van der Waals surface area contributed by atoms with Gasteiger partial charge in [-0.15, -0.1) is 0 Å². The van der Waals surface area contributed by atoms with Gasteiger partial charge in [-0.2, -0.15) is 0 Å². The monoisotopic (exact) mass is 233 g/mol. The first-order chi connectivity index (χ1) is 8.26. The number of carbonyl (C=O) groups is 1. The van der Waals surface area contributed by atoms with E-state index in [9.17, 15) is 4.79 Å². The van der Waals surface area contributed by atoms with Gasteiger partial charge in [0.25, 0.3) is 5.91 Å². The first-order valence-corrected chi connectivity index (χ1v) is 6.31. The van der Waals surface area contributed by atoms with Gasteiger partial charge in [0.05, 0.1) is 6.61 Å². The second kappa shape index (κ2) is 5.21. The standard InChI is InChI=1S/C14H19NO2/c1-3-5-10-9-15-14(16)13-8-11(17-4-2)6-7-12(10)13/h6-8,10H,3-5,9H2,1-2H3,(H,15,16). The highest BCUT2D eigenvalue weighted by atomic mass is 16.5. The lowest BCUT2D eigenvalue weighted by molar-refractivity contribution is 0.0938. The van der Waals surface area contributed by atoms with Crippen LogP contribution in [0.25, 0.3) is 0 Å². The Kier molecular flexibility index (Phi) is 3.67. The number of rotatable bonds is 4. The molecule has 1 aromatic rings.